The monoisotopic (exact) mass is 235 g/mol. The smallest absolute Gasteiger partial charge is 0.408 e. The van der Waals surface area contributed by atoms with E-state index in [-0.39, 0.29) is 0 Å². The van der Waals surface area contributed by atoms with Gasteiger partial charge in [0.2, 0.25) is 0 Å². The molecule has 0 bridgehead atoms. The van der Waals surface area contributed by atoms with Gasteiger partial charge in [0, 0.05) is 6.54 Å². The number of hydrogen-bond donors (Lipinski definition) is 1. The molecule has 5 nitrogen and oxygen atoms in total. The van der Waals surface area contributed by atoms with E-state index in [1.807, 2.05) is 6.07 Å². The SMILES string of the molecule is O=C(Oc1ccccc1)C1CCCN1C(=O)O. The van der Waals surface area contributed by atoms with Crippen molar-refractivity contribution in [3.05, 3.63) is 30.3 Å². The summed E-state index contributed by atoms with van der Waals surface area (Å²) in [5.74, 6) is -0.0640. The van der Waals surface area contributed by atoms with Crippen molar-refractivity contribution >= 4 is 12.1 Å². The topological polar surface area (TPSA) is 66.8 Å². The predicted molar refractivity (Wildman–Crippen MR) is 59.8 cm³/mol. The maximum atomic E-state index is 11.8. The van der Waals surface area contributed by atoms with Gasteiger partial charge in [0.25, 0.3) is 0 Å². The first-order valence-electron chi connectivity index (χ1n) is 5.45. The lowest BCUT2D eigenvalue weighted by molar-refractivity contribution is -0.138. The number of rotatable bonds is 2. The molecule has 1 aromatic rings. The average molecular weight is 235 g/mol. The number of ether oxygens (including phenoxy) is 1. The Balaban J connectivity index is 2.03. The second-order valence-electron chi connectivity index (χ2n) is 3.87. The molecule has 5 heteroatoms. The van der Waals surface area contributed by atoms with E-state index in [9.17, 15) is 9.59 Å². The van der Waals surface area contributed by atoms with Crippen molar-refractivity contribution in [1.29, 1.82) is 0 Å². The van der Waals surface area contributed by atoms with Crippen molar-refractivity contribution in [1.82, 2.24) is 4.90 Å². The minimum Gasteiger partial charge on any atom is -0.465 e. The number of carbonyl (C=O) groups excluding carboxylic acids is 1. The summed E-state index contributed by atoms with van der Waals surface area (Å²) in [6.07, 6.45) is 0.149. The first kappa shape index (κ1) is 11.4. The van der Waals surface area contributed by atoms with Gasteiger partial charge in [-0.1, -0.05) is 18.2 Å². The summed E-state index contributed by atoms with van der Waals surface area (Å²) in [6.45, 7) is 0.393. The van der Waals surface area contributed by atoms with Crippen LogP contribution in [0.1, 0.15) is 12.8 Å². The Kier molecular flexibility index (Phi) is 3.27. The molecule has 0 aromatic heterocycles. The lowest BCUT2D eigenvalue weighted by Crippen LogP contribution is -2.41. The second kappa shape index (κ2) is 4.86. The fourth-order valence-corrected chi connectivity index (χ4v) is 1.91. The van der Waals surface area contributed by atoms with Gasteiger partial charge in [-0.15, -0.1) is 0 Å². The van der Waals surface area contributed by atoms with E-state index in [2.05, 4.69) is 0 Å². The van der Waals surface area contributed by atoms with Crippen LogP contribution >= 0.6 is 0 Å². The summed E-state index contributed by atoms with van der Waals surface area (Å²) >= 11 is 0. The Morgan fingerprint density at radius 1 is 1.29 bits per heavy atom. The summed E-state index contributed by atoms with van der Waals surface area (Å²) in [5.41, 5.74) is 0. The largest absolute Gasteiger partial charge is 0.465 e. The molecule has 1 unspecified atom stereocenters. The van der Waals surface area contributed by atoms with Crippen LogP contribution < -0.4 is 4.74 Å². The second-order valence-corrected chi connectivity index (χ2v) is 3.87. The first-order chi connectivity index (χ1) is 8.18. The third-order valence-corrected chi connectivity index (χ3v) is 2.73. The molecule has 1 atom stereocenters. The van der Waals surface area contributed by atoms with Gasteiger partial charge >= 0.3 is 12.1 Å². The van der Waals surface area contributed by atoms with Crippen molar-refractivity contribution in [2.45, 2.75) is 18.9 Å². The third-order valence-electron chi connectivity index (χ3n) is 2.73. The Morgan fingerprint density at radius 2 is 2.00 bits per heavy atom. The summed E-state index contributed by atoms with van der Waals surface area (Å²) in [5, 5.41) is 8.92. The first-order valence-corrected chi connectivity index (χ1v) is 5.45. The molecule has 2 rings (SSSR count). The van der Waals surface area contributed by atoms with Crippen LogP contribution in [-0.4, -0.2) is 34.7 Å². The molecule has 0 radical (unpaired) electrons. The number of esters is 1. The molecule has 1 fully saturated rings. The van der Waals surface area contributed by atoms with E-state index in [1.54, 1.807) is 24.3 Å². The van der Waals surface area contributed by atoms with E-state index in [4.69, 9.17) is 9.84 Å². The summed E-state index contributed by atoms with van der Waals surface area (Å²) in [4.78, 5) is 23.8. The number of likely N-dealkylation sites (tertiary alicyclic amines) is 1. The van der Waals surface area contributed by atoms with Gasteiger partial charge < -0.3 is 9.84 Å². The Morgan fingerprint density at radius 3 is 2.65 bits per heavy atom. The molecule has 90 valence electrons. The van der Waals surface area contributed by atoms with Crippen LogP contribution in [0.2, 0.25) is 0 Å². The quantitative estimate of drug-likeness (QED) is 0.626. The van der Waals surface area contributed by atoms with Crippen LogP contribution in [-0.2, 0) is 4.79 Å². The van der Waals surface area contributed by atoms with Crippen LogP contribution in [0.3, 0.4) is 0 Å². The molecule has 1 aliphatic rings. The maximum absolute atomic E-state index is 11.8. The Hall–Kier alpha value is -2.04. The standard InChI is InChI=1S/C12H13NO4/c14-11(17-9-5-2-1-3-6-9)10-7-4-8-13(10)12(15)16/h1-3,5-6,10H,4,7-8H2,(H,15,16). The Labute approximate surface area is 98.6 Å². The third kappa shape index (κ3) is 2.55. The average Bonchev–Trinajstić information content (AvgIpc) is 2.79. The zero-order chi connectivity index (χ0) is 12.3. The minimum absolute atomic E-state index is 0.393. The van der Waals surface area contributed by atoms with Crippen molar-refractivity contribution in [2.75, 3.05) is 6.54 Å². The highest BCUT2D eigenvalue weighted by Gasteiger charge is 2.35. The molecular weight excluding hydrogens is 222 g/mol. The van der Waals surface area contributed by atoms with E-state index in [0.717, 1.165) is 4.90 Å². The van der Waals surface area contributed by atoms with Crippen molar-refractivity contribution < 1.29 is 19.4 Å². The normalized spacial score (nSPS) is 19.1. The number of hydrogen-bond acceptors (Lipinski definition) is 3. The minimum atomic E-state index is -1.07. The fraction of sp³-hybridized carbons (Fsp3) is 0.333. The van der Waals surface area contributed by atoms with Crippen LogP contribution in [0.25, 0.3) is 0 Å². The molecule has 0 aliphatic carbocycles. The molecule has 1 aliphatic heterocycles. The fourth-order valence-electron chi connectivity index (χ4n) is 1.91. The van der Waals surface area contributed by atoms with Gasteiger partial charge in [0.1, 0.15) is 11.8 Å². The van der Waals surface area contributed by atoms with E-state index in [1.165, 1.54) is 0 Å². The lowest BCUT2D eigenvalue weighted by atomic mass is 10.2. The lowest BCUT2D eigenvalue weighted by Gasteiger charge is -2.19. The van der Waals surface area contributed by atoms with E-state index < -0.39 is 18.1 Å². The van der Waals surface area contributed by atoms with Gasteiger partial charge in [-0.2, -0.15) is 0 Å². The molecule has 0 spiro atoms. The molecule has 1 heterocycles. The van der Waals surface area contributed by atoms with Crippen molar-refractivity contribution in [3.63, 3.8) is 0 Å². The van der Waals surface area contributed by atoms with Gasteiger partial charge in [-0.3, -0.25) is 4.90 Å². The highest BCUT2D eigenvalue weighted by molar-refractivity contribution is 5.83. The van der Waals surface area contributed by atoms with Gasteiger partial charge in [-0.05, 0) is 25.0 Å². The van der Waals surface area contributed by atoms with Crippen molar-refractivity contribution in [2.24, 2.45) is 0 Å². The number of para-hydroxylation sites is 1. The van der Waals surface area contributed by atoms with E-state index in [0.29, 0.717) is 25.1 Å². The molecule has 1 saturated heterocycles. The molecule has 0 saturated carbocycles. The molecule has 17 heavy (non-hydrogen) atoms. The zero-order valence-corrected chi connectivity index (χ0v) is 9.20. The molecule has 1 amide bonds. The van der Waals surface area contributed by atoms with E-state index >= 15 is 0 Å². The van der Waals surface area contributed by atoms with Crippen LogP contribution in [0.5, 0.6) is 5.75 Å². The zero-order valence-electron chi connectivity index (χ0n) is 9.20. The predicted octanol–water partition coefficient (Wildman–Crippen LogP) is 1.73. The summed E-state index contributed by atoms with van der Waals surface area (Å²) in [6, 6.07) is 7.98. The molecule has 1 aromatic carbocycles. The number of benzene rings is 1. The number of nitrogens with zero attached hydrogens (tertiary/aromatic N) is 1. The maximum Gasteiger partial charge on any atom is 0.408 e. The Bertz CT molecular complexity index is 418. The number of carbonyl (C=O) groups is 2. The van der Waals surface area contributed by atoms with Gasteiger partial charge in [0.05, 0.1) is 0 Å². The van der Waals surface area contributed by atoms with Crippen LogP contribution in [0.4, 0.5) is 4.79 Å². The summed E-state index contributed by atoms with van der Waals surface area (Å²) in [7, 11) is 0. The highest BCUT2D eigenvalue weighted by atomic mass is 16.5. The van der Waals surface area contributed by atoms with Crippen LogP contribution in [0.15, 0.2) is 30.3 Å². The highest BCUT2D eigenvalue weighted by Crippen LogP contribution is 2.20. The van der Waals surface area contributed by atoms with Crippen LogP contribution in [0, 0.1) is 0 Å². The molecule has 1 N–H and O–H groups in total. The van der Waals surface area contributed by atoms with Gasteiger partial charge in [-0.25, -0.2) is 9.59 Å². The van der Waals surface area contributed by atoms with Gasteiger partial charge in [0.15, 0.2) is 0 Å². The summed E-state index contributed by atoms with van der Waals surface area (Å²) < 4.78 is 5.13. The number of amides is 1. The molecular formula is C12H13NO4. The van der Waals surface area contributed by atoms with Crippen molar-refractivity contribution in [3.8, 4) is 5.75 Å². The number of carboxylic acid groups (broad SMARTS) is 1.